The Kier molecular flexibility index (Phi) is 7.85. The number of hydrogen-bond acceptors (Lipinski definition) is 8. The molecule has 2 heterocycles. The average Bonchev–Trinajstić information content (AvgIpc) is 2.76. The molecule has 0 bridgehead atoms. The molecule has 0 amide bonds. The molecule has 0 spiro atoms. The Morgan fingerprint density at radius 3 is 2.63 bits per heavy atom. The highest BCUT2D eigenvalue weighted by atomic mass is 16.7. The van der Waals surface area contributed by atoms with E-state index in [-0.39, 0.29) is 18.8 Å². The largest absolute Gasteiger partial charge is 0.493 e. The molecule has 0 saturated carbocycles. The first-order valence-corrected chi connectivity index (χ1v) is 10.2. The highest BCUT2D eigenvalue weighted by Crippen LogP contribution is 2.31. The predicted molar refractivity (Wildman–Crippen MR) is 108 cm³/mol. The van der Waals surface area contributed by atoms with Crippen molar-refractivity contribution in [1.29, 1.82) is 0 Å². The van der Waals surface area contributed by atoms with Crippen molar-refractivity contribution in [3.63, 3.8) is 0 Å². The number of allylic oxidation sites excluding steroid dienone is 1. The molecule has 2 saturated heterocycles. The normalized spacial score (nSPS) is 31.4. The molecule has 166 valence electrons. The Balaban J connectivity index is 1.60. The van der Waals surface area contributed by atoms with Gasteiger partial charge in [0.2, 0.25) is 0 Å². The van der Waals surface area contributed by atoms with Crippen molar-refractivity contribution >= 4 is 11.9 Å². The summed E-state index contributed by atoms with van der Waals surface area (Å²) in [7, 11) is 3.09. The number of rotatable bonds is 8. The summed E-state index contributed by atoms with van der Waals surface area (Å²) in [5.41, 5.74) is 0.766. The van der Waals surface area contributed by atoms with Crippen molar-refractivity contribution in [2.75, 3.05) is 20.8 Å². The van der Waals surface area contributed by atoms with Crippen molar-refractivity contribution in [3.05, 3.63) is 29.8 Å². The molecule has 0 radical (unpaired) electrons. The maximum Gasteiger partial charge on any atom is 0.161 e. The summed E-state index contributed by atoms with van der Waals surface area (Å²) in [6.45, 7) is 2.27. The second-order valence-corrected chi connectivity index (χ2v) is 7.46. The van der Waals surface area contributed by atoms with Gasteiger partial charge in [-0.2, -0.15) is 0 Å². The molecule has 1 aromatic carbocycles. The molecule has 2 aliphatic rings. The first-order chi connectivity index (χ1) is 14.5. The molecule has 8 nitrogen and oxygen atoms in total. The van der Waals surface area contributed by atoms with E-state index in [2.05, 4.69) is 0 Å². The van der Waals surface area contributed by atoms with Gasteiger partial charge in [0.25, 0.3) is 0 Å². The van der Waals surface area contributed by atoms with Crippen LogP contribution in [0.15, 0.2) is 24.3 Å². The Bertz CT molecular complexity index is 747. The number of hydrogen-bond donors (Lipinski definition) is 2. The highest BCUT2D eigenvalue weighted by Gasteiger charge is 2.48. The summed E-state index contributed by atoms with van der Waals surface area (Å²) in [4.78, 5) is 12.4. The summed E-state index contributed by atoms with van der Waals surface area (Å²) >= 11 is 0. The minimum atomic E-state index is -1.22. The SMILES string of the molecule is CCCC1OC[C@H]2O[C@@H](CC(=O)/C=C/c3ccc(OC)c(OC)c3)[C@H](O)[C@@H](O)[C@@H]2O1. The zero-order valence-corrected chi connectivity index (χ0v) is 17.5. The third-order valence-corrected chi connectivity index (χ3v) is 5.33. The molecule has 0 aromatic heterocycles. The molecule has 2 fully saturated rings. The number of aliphatic hydroxyl groups is 2. The minimum absolute atomic E-state index is 0.0658. The van der Waals surface area contributed by atoms with Gasteiger partial charge in [-0.1, -0.05) is 25.5 Å². The van der Waals surface area contributed by atoms with E-state index in [9.17, 15) is 15.0 Å². The third-order valence-electron chi connectivity index (χ3n) is 5.33. The summed E-state index contributed by atoms with van der Waals surface area (Å²) in [6.07, 6.45) is -0.207. The lowest BCUT2D eigenvalue weighted by Gasteiger charge is -2.46. The van der Waals surface area contributed by atoms with Crippen molar-refractivity contribution in [2.24, 2.45) is 0 Å². The maximum absolute atomic E-state index is 12.4. The fourth-order valence-corrected chi connectivity index (χ4v) is 3.70. The van der Waals surface area contributed by atoms with Gasteiger partial charge in [-0.15, -0.1) is 0 Å². The van der Waals surface area contributed by atoms with Crippen molar-refractivity contribution < 1.29 is 38.7 Å². The highest BCUT2D eigenvalue weighted by molar-refractivity contribution is 5.94. The van der Waals surface area contributed by atoms with Crippen LogP contribution >= 0.6 is 0 Å². The van der Waals surface area contributed by atoms with Crippen LogP contribution in [0.3, 0.4) is 0 Å². The zero-order valence-electron chi connectivity index (χ0n) is 17.5. The molecule has 0 aliphatic carbocycles. The van der Waals surface area contributed by atoms with E-state index >= 15 is 0 Å². The molecule has 6 atom stereocenters. The number of ketones is 1. The van der Waals surface area contributed by atoms with E-state index in [1.807, 2.05) is 6.92 Å². The molecule has 2 N–H and O–H groups in total. The topological polar surface area (TPSA) is 104 Å². The van der Waals surface area contributed by atoms with Crippen molar-refractivity contribution in [1.82, 2.24) is 0 Å². The molecule has 1 aromatic rings. The van der Waals surface area contributed by atoms with Gasteiger partial charge in [-0.3, -0.25) is 4.79 Å². The monoisotopic (exact) mass is 422 g/mol. The first-order valence-electron chi connectivity index (χ1n) is 10.2. The van der Waals surface area contributed by atoms with Gasteiger partial charge in [0, 0.05) is 6.42 Å². The molecular weight excluding hydrogens is 392 g/mol. The smallest absolute Gasteiger partial charge is 0.161 e. The van der Waals surface area contributed by atoms with Crippen LogP contribution < -0.4 is 9.47 Å². The first kappa shape index (κ1) is 22.7. The van der Waals surface area contributed by atoms with Crippen LogP contribution in [0.2, 0.25) is 0 Å². The average molecular weight is 422 g/mol. The molecule has 30 heavy (non-hydrogen) atoms. The lowest BCUT2D eigenvalue weighted by molar-refractivity contribution is -0.325. The fourth-order valence-electron chi connectivity index (χ4n) is 3.70. The predicted octanol–water partition coefficient (Wildman–Crippen LogP) is 1.71. The minimum Gasteiger partial charge on any atom is -0.493 e. The Morgan fingerprint density at radius 1 is 1.17 bits per heavy atom. The molecular formula is C22H30O8. The van der Waals surface area contributed by atoms with Gasteiger partial charge >= 0.3 is 0 Å². The van der Waals surface area contributed by atoms with E-state index in [1.165, 1.54) is 6.08 Å². The summed E-state index contributed by atoms with van der Waals surface area (Å²) in [5, 5.41) is 20.9. The number of carbonyl (C=O) groups excluding carboxylic acids is 1. The van der Waals surface area contributed by atoms with Crippen molar-refractivity contribution in [2.45, 2.75) is 63.0 Å². The van der Waals surface area contributed by atoms with Gasteiger partial charge < -0.3 is 33.9 Å². The van der Waals surface area contributed by atoms with Gasteiger partial charge in [-0.05, 0) is 30.2 Å². The van der Waals surface area contributed by atoms with Crippen LogP contribution in [0.5, 0.6) is 11.5 Å². The van der Waals surface area contributed by atoms with E-state index < -0.39 is 36.8 Å². The van der Waals surface area contributed by atoms with E-state index in [0.717, 1.165) is 12.0 Å². The number of carbonyl (C=O) groups is 1. The number of benzene rings is 1. The van der Waals surface area contributed by atoms with E-state index in [0.29, 0.717) is 17.9 Å². The van der Waals surface area contributed by atoms with E-state index in [4.69, 9.17) is 23.7 Å². The van der Waals surface area contributed by atoms with Crippen LogP contribution in [0, 0.1) is 0 Å². The van der Waals surface area contributed by atoms with Gasteiger partial charge in [0.1, 0.15) is 24.4 Å². The third kappa shape index (κ3) is 5.19. The van der Waals surface area contributed by atoms with Gasteiger partial charge in [0.15, 0.2) is 23.6 Å². The second-order valence-electron chi connectivity index (χ2n) is 7.46. The fraction of sp³-hybridized carbons (Fsp3) is 0.591. The summed E-state index contributed by atoms with van der Waals surface area (Å²) < 4.78 is 27.6. The van der Waals surface area contributed by atoms with Crippen LogP contribution in [-0.4, -0.2) is 73.6 Å². The molecule has 2 aliphatic heterocycles. The second kappa shape index (κ2) is 10.4. The number of methoxy groups -OCH3 is 2. The molecule has 1 unspecified atom stereocenters. The number of ether oxygens (including phenoxy) is 5. The number of fused-ring (bicyclic) bond motifs is 1. The summed E-state index contributed by atoms with van der Waals surface area (Å²) in [6, 6.07) is 5.31. The number of aliphatic hydroxyl groups excluding tert-OH is 2. The maximum atomic E-state index is 12.4. The van der Waals surface area contributed by atoms with Gasteiger partial charge in [0.05, 0.1) is 26.9 Å². The van der Waals surface area contributed by atoms with Crippen LogP contribution in [0.4, 0.5) is 0 Å². The standard InChI is InChI=1S/C22H30O8/c1-4-5-19-28-12-18-22(30-19)21(25)20(24)17(29-18)11-14(23)8-6-13-7-9-15(26-2)16(10-13)27-3/h6-10,17-22,24-25H,4-5,11-12H2,1-3H3/b8-6+/t17-,18+,19?,20-,21+,22+/m0/s1. The van der Waals surface area contributed by atoms with Crippen molar-refractivity contribution in [3.8, 4) is 11.5 Å². The summed E-state index contributed by atoms with van der Waals surface area (Å²) in [5.74, 6) is 0.924. The Labute approximate surface area is 176 Å². The van der Waals surface area contributed by atoms with Gasteiger partial charge in [-0.25, -0.2) is 0 Å². The van der Waals surface area contributed by atoms with E-state index in [1.54, 1.807) is 38.5 Å². The quantitative estimate of drug-likeness (QED) is 0.611. The Hall–Kier alpha value is -1.97. The van der Waals surface area contributed by atoms with Crippen LogP contribution in [0.1, 0.15) is 31.7 Å². The lowest BCUT2D eigenvalue weighted by atomic mass is 9.91. The lowest BCUT2D eigenvalue weighted by Crippen LogP contribution is -2.62. The zero-order chi connectivity index (χ0) is 21.7. The van der Waals surface area contributed by atoms with Crippen LogP contribution in [-0.2, 0) is 19.0 Å². The molecule has 8 heteroatoms. The Morgan fingerprint density at radius 2 is 1.93 bits per heavy atom. The van der Waals surface area contributed by atoms with Crippen LogP contribution in [0.25, 0.3) is 6.08 Å². The molecule has 3 rings (SSSR count).